The number of piperazine rings is 1. The molecule has 0 radical (unpaired) electrons. The van der Waals surface area contributed by atoms with Gasteiger partial charge in [-0.1, -0.05) is 64.5 Å². The lowest BCUT2D eigenvalue weighted by Crippen LogP contribution is -2.50. The molecule has 1 aliphatic rings. The van der Waals surface area contributed by atoms with Crippen molar-refractivity contribution in [1.82, 2.24) is 9.21 Å². The van der Waals surface area contributed by atoms with Crippen LogP contribution >= 0.6 is 15.9 Å². The zero-order valence-electron chi connectivity index (χ0n) is 14.8. The van der Waals surface area contributed by atoms with Gasteiger partial charge in [0.25, 0.3) is 0 Å². The lowest BCUT2D eigenvalue weighted by atomic mass is 10.2. The van der Waals surface area contributed by atoms with Crippen LogP contribution < -0.4 is 0 Å². The molecule has 3 rings (SSSR count). The fourth-order valence-electron chi connectivity index (χ4n) is 2.94. The number of hydrogen-bond acceptors (Lipinski definition) is 3. The van der Waals surface area contributed by atoms with Gasteiger partial charge in [-0.3, -0.25) is 4.79 Å². The second-order valence-electron chi connectivity index (χ2n) is 6.32. The van der Waals surface area contributed by atoms with Crippen LogP contribution in [0.25, 0.3) is 6.08 Å². The minimum Gasteiger partial charge on any atom is -0.337 e. The summed E-state index contributed by atoms with van der Waals surface area (Å²) in [5, 5.41) is 0. The van der Waals surface area contributed by atoms with Crippen LogP contribution in [-0.4, -0.2) is 49.7 Å². The molecule has 7 heteroatoms. The third-order valence-electron chi connectivity index (χ3n) is 4.45. The van der Waals surface area contributed by atoms with Gasteiger partial charge in [-0.15, -0.1) is 0 Å². The van der Waals surface area contributed by atoms with Gasteiger partial charge in [0, 0.05) is 36.7 Å². The molecule has 2 aromatic rings. The maximum Gasteiger partial charge on any atom is 0.246 e. The van der Waals surface area contributed by atoms with Gasteiger partial charge < -0.3 is 4.90 Å². The van der Waals surface area contributed by atoms with Crippen molar-refractivity contribution in [3.63, 3.8) is 0 Å². The molecule has 142 valence electrons. The summed E-state index contributed by atoms with van der Waals surface area (Å²) < 4.78 is 27.6. The third kappa shape index (κ3) is 5.28. The van der Waals surface area contributed by atoms with E-state index in [2.05, 4.69) is 15.9 Å². The highest BCUT2D eigenvalue weighted by atomic mass is 79.9. The molecule has 1 saturated heterocycles. The summed E-state index contributed by atoms with van der Waals surface area (Å²) in [4.78, 5) is 14.1. The quantitative estimate of drug-likeness (QED) is 0.660. The van der Waals surface area contributed by atoms with Crippen molar-refractivity contribution < 1.29 is 13.2 Å². The van der Waals surface area contributed by atoms with Gasteiger partial charge in [0.15, 0.2) is 0 Å². The molecule has 2 aromatic carbocycles. The first kappa shape index (κ1) is 19.8. The number of carbonyl (C=O) groups excluding carboxylic acids is 1. The Balaban J connectivity index is 1.56. The van der Waals surface area contributed by atoms with Gasteiger partial charge >= 0.3 is 0 Å². The Labute approximate surface area is 168 Å². The van der Waals surface area contributed by atoms with Crippen LogP contribution in [0, 0.1) is 0 Å². The number of hydrogen-bond donors (Lipinski definition) is 0. The SMILES string of the molecule is O=C(/C=C/c1ccccc1Br)N1CCN(S(=O)(=O)Cc2ccccc2)CC1. The van der Waals surface area contributed by atoms with E-state index in [1.54, 1.807) is 11.0 Å². The van der Waals surface area contributed by atoms with Gasteiger partial charge in [0.1, 0.15) is 0 Å². The molecule has 1 amide bonds. The topological polar surface area (TPSA) is 57.7 Å². The lowest BCUT2D eigenvalue weighted by Gasteiger charge is -2.33. The summed E-state index contributed by atoms with van der Waals surface area (Å²) in [7, 11) is -3.38. The largest absolute Gasteiger partial charge is 0.337 e. The predicted octanol–water partition coefficient (Wildman–Crippen LogP) is 3.14. The van der Waals surface area contributed by atoms with E-state index in [1.807, 2.05) is 54.6 Å². The molecular weight excluding hydrogens is 428 g/mol. The Morgan fingerprint density at radius 3 is 2.26 bits per heavy atom. The van der Waals surface area contributed by atoms with Crippen molar-refractivity contribution in [3.05, 3.63) is 76.3 Å². The van der Waals surface area contributed by atoms with Gasteiger partial charge in [-0.2, -0.15) is 4.31 Å². The smallest absolute Gasteiger partial charge is 0.246 e. The van der Waals surface area contributed by atoms with E-state index in [4.69, 9.17) is 0 Å². The monoisotopic (exact) mass is 448 g/mol. The van der Waals surface area contributed by atoms with E-state index in [0.717, 1.165) is 15.6 Å². The maximum atomic E-state index is 12.6. The molecule has 0 bridgehead atoms. The molecule has 0 N–H and O–H groups in total. The highest BCUT2D eigenvalue weighted by Crippen LogP contribution is 2.18. The summed E-state index contributed by atoms with van der Waals surface area (Å²) >= 11 is 3.45. The zero-order valence-corrected chi connectivity index (χ0v) is 17.2. The van der Waals surface area contributed by atoms with E-state index in [-0.39, 0.29) is 11.7 Å². The Bertz CT molecular complexity index is 921. The van der Waals surface area contributed by atoms with Crippen molar-refractivity contribution in [1.29, 1.82) is 0 Å². The Morgan fingerprint density at radius 1 is 0.963 bits per heavy atom. The molecule has 5 nitrogen and oxygen atoms in total. The van der Waals surface area contributed by atoms with Crippen molar-refractivity contribution >= 4 is 37.9 Å². The summed E-state index contributed by atoms with van der Waals surface area (Å²) in [5.41, 5.74) is 1.70. The van der Waals surface area contributed by atoms with Crippen LogP contribution in [0.3, 0.4) is 0 Å². The van der Waals surface area contributed by atoms with Crippen LogP contribution in [-0.2, 0) is 20.6 Å². The normalized spacial score (nSPS) is 16.0. The number of sulfonamides is 1. The highest BCUT2D eigenvalue weighted by molar-refractivity contribution is 9.10. The standard InChI is InChI=1S/C20H21BrN2O3S/c21-19-9-5-4-8-18(19)10-11-20(24)22-12-14-23(15-13-22)27(25,26)16-17-6-2-1-3-7-17/h1-11H,12-16H2/b11-10+. The van der Waals surface area contributed by atoms with Crippen molar-refractivity contribution in [2.24, 2.45) is 0 Å². The molecule has 0 unspecified atom stereocenters. The maximum absolute atomic E-state index is 12.6. The second kappa shape index (κ2) is 8.82. The fourth-order valence-corrected chi connectivity index (χ4v) is 4.87. The third-order valence-corrected chi connectivity index (χ3v) is 7.02. The van der Waals surface area contributed by atoms with Crippen LogP contribution in [0.5, 0.6) is 0 Å². The average Bonchev–Trinajstić information content (AvgIpc) is 2.68. The minimum atomic E-state index is -3.38. The van der Waals surface area contributed by atoms with E-state index in [1.165, 1.54) is 10.4 Å². The summed E-state index contributed by atoms with van der Waals surface area (Å²) in [6.45, 7) is 1.44. The molecule has 0 aromatic heterocycles. The fraction of sp³-hybridized carbons (Fsp3) is 0.250. The predicted molar refractivity (Wildman–Crippen MR) is 110 cm³/mol. The summed E-state index contributed by atoms with van der Waals surface area (Å²) in [6.07, 6.45) is 3.30. The Hall–Kier alpha value is -1.96. The summed E-state index contributed by atoms with van der Waals surface area (Å²) in [5.74, 6) is -0.116. The number of benzene rings is 2. The number of carbonyl (C=O) groups is 1. The molecule has 0 atom stereocenters. The zero-order chi connectivity index (χ0) is 19.3. The second-order valence-corrected chi connectivity index (χ2v) is 9.14. The molecule has 1 heterocycles. The first-order valence-electron chi connectivity index (χ1n) is 8.69. The average molecular weight is 449 g/mol. The van der Waals surface area contributed by atoms with Crippen LogP contribution in [0.15, 0.2) is 65.1 Å². The van der Waals surface area contributed by atoms with E-state index < -0.39 is 10.0 Å². The first-order valence-corrected chi connectivity index (χ1v) is 11.1. The molecule has 1 fully saturated rings. The molecular formula is C20H21BrN2O3S. The van der Waals surface area contributed by atoms with Crippen molar-refractivity contribution in [2.45, 2.75) is 5.75 Å². The van der Waals surface area contributed by atoms with Crippen LogP contribution in [0.1, 0.15) is 11.1 Å². The number of halogens is 1. The van der Waals surface area contributed by atoms with E-state index in [0.29, 0.717) is 26.2 Å². The molecule has 1 aliphatic heterocycles. The van der Waals surface area contributed by atoms with Crippen LogP contribution in [0.4, 0.5) is 0 Å². The van der Waals surface area contributed by atoms with Gasteiger partial charge in [0.2, 0.25) is 15.9 Å². The van der Waals surface area contributed by atoms with Crippen molar-refractivity contribution in [2.75, 3.05) is 26.2 Å². The van der Waals surface area contributed by atoms with Crippen LogP contribution in [0.2, 0.25) is 0 Å². The lowest BCUT2D eigenvalue weighted by molar-refractivity contribution is -0.127. The van der Waals surface area contributed by atoms with Gasteiger partial charge in [-0.25, -0.2) is 8.42 Å². The minimum absolute atomic E-state index is 0.0102. The van der Waals surface area contributed by atoms with Crippen molar-refractivity contribution in [3.8, 4) is 0 Å². The van der Waals surface area contributed by atoms with Gasteiger partial charge in [-0.05, 0) is 23.3 Å². The Morgan fingerprint density at radius 2 is 1.59 bits per heavy atom. The van der Waals surface area contributed by atoms with E-state index in [9.17, 15) is 13.2 Å². The number of nitrogens with zero attached hydrogens (tertiary/aromatic N) is 2. The molecule has 0 aliphatic carbocycles. The first-order chi connectivity index (χ1) is 13.0. The summed E-state index contributed by atoms with van der Waals surface area (Å²) in [6, 6.07) is 16.8. The Kier molecular flexibility index (Phi) is 6.46. The number of amides is 1. The van der Waals surface area contributed by atoms with Gasteiger partial charge in [0.05, 0.1) is 5.75 Å². The molecule has 27 heavy (non-hydrogen) atoms. The highest BCUT2D eigenvalue weighted by Gasteiger charge is 2.28. The molecule has 0 spiro atoms. The molecule has 0 saturated carbocycles. The number of rotatable bonds is 5. The van der Waals surface area contributed by atoms with E-state index >= 15 is 0 Å².